The van der Waals surface area contributed by atoms with Crippen molar-refractivity contribution < 1.29 is 4.79 Å². The molecule has 5 rings (SSSR count). The van der Waals surface area contributed by atoms with E-state index in [0.29, 0.717) is 13.1 Å². The summed E-state index contributed by atoms with van der Waals surface area (Å²) in [5, 5.41) is 0. The van der Waals surface area contributed by atoms with Crippen molar-refractivity contribution in [3.05, 3.63) is 41.7 Å². The topological polar surface area (TPSA) is 68.7 Å². The van der Waals surface area contributed by atoms with E-state index in [1.54, 1.807) is 17.7 Å². The maximum atomic E-state index is 13.0. The summed E-state index contributed by atoms with van der Waals surface area (Å²) in [6.07, 6.45) is 1.66. The van der Waals surface area contributed by atoms with Gasteiger partial charge in [-0.1, -0.05) is 0 Å². The van der Waals surface area contributed by atoms with Crippen molar-refractivity contribution in [1.29, 1.82) is 0 Å². The van der Waals surface area contributed by atoms with E-state index in [4.69, 9.17) is 0 Å². The molecule has 0 aliphatic carbocycles. The molecule has 30 heavy (non-hydrogen) atoms. The van der Waals surface area contributed by atoms with Crippen LogP contribution in [0.1, 0.15) is 10.4 Å². The number of nitrogens with zero attached hydrogens (tertiary/aromatic N) is 7. The van der Waals surface area contributed by atoms with Gasteiger partial charge in [-0.15, -0.1) is 11.3 Å². The van der Waals surface area contributed by atoms with Gasteiger partial charge in [0.25, 0.3) is 5.91 Å². The number of rotatable bonds is 3. The first-order valence-electron chi connectivity index (χ1n) is 10.3. The third-order valence-electron chi connectivity index (χ3n) is 5.93. The lowest BCUT2D eigenvalue weighted by Crippen LogP contribution is -2.49. The van der Waals surface area contributed by atoms with Crippen LogP contribution in [0.15, 0.2) is 36.1 Å². The number of likely N-dealkylation sites (N-methyl/N-ethyl adjacent to an activating group) is 1. The minimum absolute atomic E-state index is 0.0887. The summed E-state index contributed by atoms with van der Waals surface area (Å²) in [5.74, 6) is 2.02. The Balaban J connectivity index is 1.23. The van der Waals surface area contributed by atoms with Crippen molar-refractivity contribution in [2.45, 2.75) is 0 Å². The van der Waals surface area contributed by atoms with E-state index in [9.17, 15) is 4.79 Å². The summed E-state index contributed by atoms with van der Waals surface area (Å²) in [6, 6.07) is 7.84. The fourth-order valence-corrected chi connectivity index (χ4v) is 4.74. The molecule has 1 amide bonds. The van der Waals surface area contributed by atoms with Gasteiger partial charge in [-0.2, -0.15) is 0 Å². The minimum atomic E-state index is 0.0887. The Kier molecular flexibility index (Phi) is 5.22. The fourth-order valence-electron chi connectivity index (χ4n) is 4.03. The number of thiazole rings is 1. The van der Waals surface area contributed by atoms with Gasteiger partial charge in [0.05, 0.1) is 15.7 Å². The lowest BCUT2D eigenvalue weighted by molar-refractivity contribution is 0.0746. The molecule has 3 aromatic rings. The first-order chi connectivity index (χ1) is 14.7. The van der Waals surface area contributed by atoms with E-state index in [0.717, 1.165) is 66.7 Å². The molecule has 8 nitrogen and oxygen atoms in total. The summed E-state index contributed by atoms with van der Waals surface area (Å²) in [7, 11) is 2.15. The smallest absolute Gasteiger partial charge is 0.254 e. The van der Waals surface area contributed by atoms with Crippen LogP contribution in [0.5, 0.6) is 0 Å². The second-order valence-corrected chi connectivity index (χ2v) is 8.73. The number of hydrogen-bond acceptors (Lipinski definition) is 8. The maximum absolute atomic E-state index is 13.0. The quantitative estimate of drug-likeness (QED) is 0.636. The summed E-state index contributed by atoms with van der Waals surface area (Å²) in [6.45, 7) is 6.99. The number of carbonyl (C=O) groups is 1. The number of amides is 1. The number of fused-ring (bicyclic) bond motifs is 1. The van der Waals surface area contributed by atoms with Crippen molar-refractivity contribution >= 4 is 39.1 Å². The molecule has 1 aromatic carbocycles. The van der Waals surface area contributed by atoms with E-state index in [1.165, 1.54) is 0 Å². The van der Waals surface area contributed by atoms with Gasteiger partial charge < -0.3 is 19.6 Å². The van der Waals surface area contributed by atoms with Crippen LogP contribution in [0.25, 0.3) is 10.2 Å². The van der Waals surface area contributed by atoms with Crippen LogP contribution in [0.3, 0.4) is 0 Å². The van der Waals surface area contributed by atoms with Crippen LogP contribution >= 0.6 is 11.3 Å². The molecule has 0 unspecified atom stereocenters. The predicted octanol–water partition coefficient (Wildman–Crippen LogP) is 1.80. The molecular weight excluding hydrogens is 398 g/mol. The van der Waals surface area contributed by atoms with E-state index in [-0.39, 0.29) is 5.91 Å². The average Bonchev–Trinajstić information content (AvgIpc) is 3.27. The highest BCUT2D eigenvalue weighted by atomic mass is 32.1. The van der Waals surface area contributed by atoms with E-state index < -0.39 is 0 Å². The SMILES string of the molecule is CN1CCN(c2cc(N3CCN(C(=O)c4ccc5ncsc5c4)CC3)ncn2)CC1. The summed E-state index contributed by atoms with van der Waals surface area (Å²) >= 11 is 1.57. The molecule has 2 saturated heterocycles. The van der Waals surface area contributed by atoms with Crippen LogP contribution < -0.4 is 9.80 Å². The van der Waals surface area contributed by atoms with Crippen molar-refractivity contribution in [3.63, 3.8) is 0 Å². The Morgan fingerprint density at radius 2 is 1.53 bits per heavy atom. The molecule has 0 saturated carbocycles. The van der Waals surface area contributed by atoms with Crippen LogP contribution in [0.4, 0.5) is 11.6 Å². The number of hydrogen-bond donors (Lipinski definition) is 0. The van der Waals surface area contributed by atoms with Gasteiger partial charge in [-0.3, -0.25) is 4.79 Å². The fraction of sp³-hybridized carbons (Fsp3) is 0.429. The normalized spacial score (nSPS) is 18.2. The minimum Gasteiger partial charge on any atom is -0.354 e. The second kappa shape index (κ2) is 8.16. The van der Waals surface area contributed by atoms with Gasteiger partial charge in [0.2, 0.25) is 0 Å². The molecule has 0 radical (unpaired) electrons. The molecule has 0 spiro atoms. The molecule has 2 fully saturated rings. The van der Waals surface area contributed by atoms with Gasteiger partial charge in [0.1, 0.15) is 18.0 Å². The largest absolute Gasteiger partial charge is 0.354 e. The Bertz CT molecular complexity index is 1040. The molecule has 0 atom stereocenters. The highest BCUT2D eigenvalue weighted by Gasteiger charge is 2.24. The van der Waals surface area contributed by atoms with Crippen molar-refractivity contribution in [3.8, 4) is 0 Å². The zero-order valence-electron chi connectivity index (χ0n) is 17.1. The van der Waals surface area contributed by atoms with Gasteiger partial charge >= 0.3 is 0 Å². The Morgan fingerprint density at radius 1 is 0.867 bits per heavy atom. The third kappa shape index (κ3) is 3.82. The van der Waals surface area contributed by atoms with Crippen LogP contribution in [0.2, 0.25) is 0 Å². The van der Waals surface area contributed by atoms with E-state index in [2.05, 4.69) is 42.8 Å². The standard InChI is InChI=1S/C21H25N7OS/c1-25-4-6-26(7-5-25)19-13-20(23-14-22-19)27-8-10-28(11-9-27)21(29)16-2-3-17-18(12-16)30-15-24-17/h2-3,12-15H,4-11H2,1H3. The van der Waals surface area contributed by atoms with Gasteiger partial charge in [0.15, 0.2) is 0 Å². The molecule has 4 heterocycles. The van der Waals surface area contributed by atoms with Gasteiger partial charge in [-0.25, -0.2) is 15.0 Å². The number of carbonyl (C=O) groups excluding carboxylic acids is 1. The van der Waals surface area contributed by atoms with Gasteiger partial charge in [-0.05, 0) is 25.2 Å². The van der Waals surface area contributed by atoms with Crippen molar-refractivity contribution in [2.24, 2.45) is 0 Å². The first kappa shape index (κ1) is 19.2. The molecular formula is C21H25N7OS. The molecule has 0 N–H and O–H groups in total. The lowest BCUT2D eigenvalue weighted by atomic mass is 10.1. The predicted molar refractivity (Wildman–Crippen MR) is 119 cm³/mol. The third-order valence-corrected chi connectivity index (χ3v) is 6.73. The van der Waals surface area contributed by atoms with Crippen molar-refractivity contribution in [1.82, 2.24) is 24.8 Å². The monoisotopic (exact) mass is 423 g/mol. The van der Waals surface area contributed by atoms with Crippen molar-refractivity contribution in [2.75, 3.05) is 69.2 Å². The molecule has 2 aliphatic rings. The summed E-state index contributed by atoms with van der Waals surface area (Å²) in [5.41, 5.74) is 3.50. The van der Waals surface area contributed by atoms with E-state index >= 15 is 0 Å². The molecule has 2 aliphatic heterocycles. The Morgan fingerprint density at radius 3 is 2.23 bits per heavy atom. The lowest BCUT2D eigenvalue weighted by Gasteiger charge is -2.36. The highest BCUT2D eigenvalue weighted by molar-refractivity contribution is 7.16. The van der Waals surface area contributed by atoms with Crippen LogP contribution in [-0.2, 0) is 0 Å². The number of benzene rings is 1. The highest BCUT2D eigenvalue weighted by Crippen LogP contribution is 2.22. The Hall–Kier alpha value is -2.78. The number of piperazine rings is 2. The van der Waals surface area contributed by atoms with E-state index in [1.807, 2.05) is 28.6 Å². The summed E-state index contributed by atoms with van der Waals surface area (Å²) in [4.78, 5) is 35.1. The number of aromatic nitrogens is 3. The summed E-state index contributed by atoms with van der Waals surface area (Å²) < 4.78 is 1.05. The number of anilines is 2. The molecule has 0 bridgehead atoms. The van der Waals surface area contributed by atoms with Gasteiger partial charge in [0, 0.05) is 64.0 Å². The zero-order valence-corrected chi connectivity index (χ0v) is 17.9. The molecule has 2 aromatic heterocycles. The molecule has 156 valence electrons. The Labute approximate surface area is 179 Å². The second-order valence-electron chi connectivity index (χ2n) is 7.84. The zero-order chi connectivity index (χ0) is 20.5. The maximum Gasteiger partial charge on any atom is 0.254 e. The average molecular weight is 424 g/mol. The first-order valence-corrected chi connectivity index (χ1v) is 11.2. The van der Waals surface area contributed by atoms with Crippen LogP contribution in [0, 0.1) is 0 Å². The van der Waals surface area contributed by atoms with Crippen LogP contribution in [-0.4, -0.2) is 90.1 Å². The molecule has 9 heteroatoms.